The van der Waals surface area contributed by atoms with Crippen molar-refractivity contribution in [3.8, 4) is 11.5 Å². The molecule has 6 nitrogen and oxygen atoms in total. The third-order valence-electron chi connectivity index (χ3n) is 5.62. The van der Waals surface area contributed by atoms with Gasteiger partial charge < -0.3 is 14.8 Å². The van der Waals surface area contributed by atoms with Crippen molar-refractivity contribution in [1.82, 2.24) is 9.80 Å². The predicted molar refractivity (Wildman–Crippen MR) is 116 cm³/mol. The second-order valence-electron chi connectivity index (χ2n) is 7.47. The number of carbonyl (C=O) groups excluding carboxylic acids is 1. The maximum absolute atomic E-state index is 12.7. The highest BCUT2D eigenvalue weighted by molar-refractivity contribution is 5.95. The third kappa shape index (κ3) is 5.28. The Morgan fingerprint density at radius 3 is 2.45 bits per heavy atom. The van der Waals surface area contributed by atoms with Crippen molar-refractivity contribution in [1.29, 1.82) is 0 Å². The monoisotopic (exact) mass is 397 g/mol. The molecule has 29 heavy (non-hydrogen) atoms. The number of nitrogens with one attached hydrogen (secondary N) is 1. The molecule has 0 spiro atoms. The summed E-state index contributed by atoms with van der Waals surface area (Å²) in [5, 5.41) is 3.06. The summed E-state index contributed by atoms with van der Waals surface area (Å²) in [5.74, 6) is 1.75. The highest BCUT2D eigenvalue weighted by Gasteiger charge is 2.26. The maximum Gasteiger partial charge on any atom is 0.241 e. The molecule has 6 heteroatoms. The van der Waals surface area contributed by atoms with Crippen molar-refractivity contribution in [2.45, 2.75) is 26.4 Å². The van der Waals surface area contributed by atoms with Crippen LogP contribution in [-0.2, 0) is 11.3 Å². The molecule has 1 aliphatic heterocycles. The van der Waals surface area contributed by atoms with Crippen molar-refractivity contribution in [3.63, 3.8) is 0 Å². The second-order valence-corrected chi connectivity index (χ2v) is 7.47. The number of benzene rings is 2. The van der Waals surface area contributed by atoms with Crippen LogP contribution in [0.3, 0.4) is 0 Å². The van der Waals surface area contributed by atoms with Gasteiger partial charge in [0.25, 0.3) is 0 Å². The summed E-state index contributed by atoms with van der Waals surface area (Å²) >= 11 is 0. The Hall–Kier alpha value is -2.57. The lowest BCUT2D eigenvalue weighted by molar-refractivity contribution is -0.121. The van der Waals surface area contributed by atoms with Crippen LogP contribution in [0.5, 0.6) is 11.5 Å². The van der Waals surface area contributed by atoms with Crippen molar-refractivity contribution in [3.05, 3.63) is 53.6 Å². The Labute approximate surface area is 173 Å². The fourth-order valence-corrected chi connectivity index (χ4v) is 3.67. The topological polar surface area (TPSA) is 54.0 Å². The quantitative estimate of drug-likeness (QED) is 0.778. The first kappa shape index (κ1) is 21.1. The molecule has 1 heterocycles. The van der Waals surface area contributed by atoms with E-state index < -0.39 is 0 Å². The van der Waals surface area contributed by atoms with Gasteiger partial charge in [-0.05, 0) is 43.7 Å². The summed E-state index contributed by atoms with van der Waals surface area (Å²) in [5.41, 5.74) is 3.07. The number of nitrogens with zero attached hydrogens (tertiary/aromatic N) is 2. The number of carbonyl (C=O) groups is 1. The van der Waals surface area contributed by atoms with Crippen molar-refractivity contribution < 1.29 is 14.3 Å². The lowest BCUT2D eigenvalue weighted by Crippen LogP contribution is -2.52. The first-order chi connectivity index (χ1) is 14.0. The van der Waals surface area contributed by atoms with E-state index in [1.54, 1.807) is 14.2 Å². The fourth-order valence-electron chi connectivity index (χ4n) is 3.67. The summed E-state index contributed by atoms with van der Waals surface area (Å²) in [6.45, 7) is 8.31. The third-order valence-corrected chi connectivity index (χ3v) is 5.62. The Bertz CT molecular complexity index is 832. The number of aryl methyl sites for hydroxylation is 1. The normalized spacial score (nSPS) is 16.3. The van der Waals surface area contributed by atoms with Crippen LogP contribution >= 0.6 is 0 Å². The van der Waals surface area contributed by atoms with E-state index in [1.807, 2.05) is 56.3 Å². The zero-order valence-corrected chi connectivity index (χ0v) is 17.8. The number of rotatable bonds is 7. The first-order valence-corrected chi connectivity index (χ1v) is 10.1. The molecular weight excluding hydrogens is 366 g/mol. The van der Waals surface area contributed by atoms with Crippen LogP contribution in [0.2, 0.25) is 0 Å². The van der Waals surface area contributed by atoms with Gasteiger partial charge in [-0.15, -0.1) is 0 Å². The van der Waals surface area contributed by atoms with Crippen LogP contribution in [0.15, 0.2) is 42.5 Å². The molecular formula is C23H31N3O3. The van der Waals surface area contributed by atoms with Gasteiger partial charge in [0.2, 0.25) is 5.91 Å². The van der Waals surface area contributed by atoms with Gasteiger partial charge in [-0.2, -0.15) is 0 Å². The minimum absolute atomic E-state index is 0.0437. The van der Waals surface area contributed by atoms with Gasteiger partial charge in [-0.3, -0.25) is 14.6 Å². The number of anilines is 1. The van der Waals surface area contributed by atoms with E-state index in [9.17, 15) is 4.79 Å². The zero-order chi connectivity index (χ0) is 20.8. The summed E-state index contributed by atoms with van der Waals surface area (Å²) in [7, 11) is 3.37. The standard InChI is InChI=1S/C23H31N3O3/c1-17-7-5-6-8-21(17)24-23(27)18(2)26-13-11-25(12-14-26)16-19-15-20(28-3)9-10-22(19)29-4/h5-10,15,18H,11-14,16H2,1-4H3,(H,24,27). The Morgan fingerprint density at radius 2 is 1.79 bits per heavy atom. The van der Waals surface area contributed by atoms with Crippen LogP contribution < -0.4 is 14.8 Å². The molecule has 0 bridgehead atoms. The van der Waals surface area contributed by atoms with E-state index in [0.29, 0.717) is 0 Å². The molecule has 1 fully saturated rings. The molecule has 3 rings (SSSR count). The molecule has 1 aliphatic rings. The largest absolute Gasteiger partial charge is 0.497 e. The number of ether oxygens (including phenoxy) is 2. The van der Waals surface area contributed by atoms with Crippen molar-refractivity contribution in [2.75, 3.05) is 45.7 Å². The molecule has 1 N–H and O–H groups in total. The summed E-state index contributed by atoms with van der Waals surface area (Å²) in [4.78, 5) is 17.3. The highest BCUT2D eigenvalue weighted by atomic mass is 16.5. The molecule has 0 saturated carbocycles. The van der Waals surface area contributed by atoms with E-state index in [0.717, 1.165) is 61.0 Å². The number of para-hydroxylation sites is 1. The molecule has 2 aromatic rings. The molecule has 156 valence electrons. The molecule has 0 radical (unpaired) electrons. The molecule has 1 saturated heterocycles. The van der Waals surface area contributed by atoms with Crippen molar-refractivity contribution >= 4 is 11.6 Å². The Morgan fingerprint density at radius 1 is 1.07 bits per heavy atom. The van der Waals surface area contributed by atoms with Crippen LogP contribution in [0.4, 0.5) is 5.69 Å². The van der Waals surface area contributed by atoms with E-state index in [4.69, 9.17) is 9.47 Å². The summed E-state index contributed by atoms with van der Waals surface area (Å²) in [6.07, 6.45) is 0. The van der Waals surface area contributed by atoms with Gasteiger partial charge in [-0.1, -0.05) is 18.2 Å². The van der Waals surface area contributed by atoms with Gasteiger partial charge in [-0.25, -0.2) is 0 Å². The van der Waals surface area contributed by atoms with Gasteiger partial charge in [0.15, 0.2) is 0 Å². The average molecular weight is 398 g/mol. The minimum atomic E-state index is -0.164. The number of hydrogen-bond donors (Lipinski definition) is 1. The van der Waals surface area contributed by atoms with E-state index >= 15 is 0 Å². The van der Waals surface area contributed by atoms with Gasteiger partial charge in [0.1, 0.15) is 11.5 Å². The van der Waals surface area contributed by atoms with Crippen LogP contribution in [0.1, 0.15) is 18.1 Å². The predicted octanol–water partition coefficient (Wildman–Crippen LogP) is 3.16. The van der Waals surface area contributed by atoms with Crippen LogP contribution in [0, 0.1) is 6.92 Å². The molecule has 0 aromatic heterocycles. The highest BCUT2D eigenvalue weighted by Crippen LogP contribution is 2.26. The lowest BCUT2D eigenvalue weighted by Gasteiger charge is -2.37. The number of hydrogen-bond acceptors (Lipinski definition) is 5. The van der Waals surface area contributed by atoms with Gasteiger partial charge in [0, 0.05) is 44.0 Å². The number of methoxy groups -OCH3 is 2. The Balaban J connectivity index is 1.55. The summed E-state index contributed by atoms with van der Waals surface area (Å²) in [6, 6.07) is 13.6. The zero-order valence-electron chi connectivity index (χ0n) is 17.8. The van der Waals surface area contributed by atoms with E-state index in [-0.39, 0.29) is 11.9 Å². The van der Waals surface area contributed by atoms with E-state index in [2.05, 4.69) is 15.1 Å². The smallest absolute Gasteiger partial charge is 0.241 e. The van der Waals surface area contributed by atoms with Crippen LogP contribution in [0.25, 0.3) is 0 Å². The minimum Gasteiger partial charge on any atom is -0.497 e. The molecule has 1 unspecified atom stereocenters. The van der Waals surface area contributed by atoms with Crippen LogP contribution in [-0.4, -0.2) is 62.1 Å². The molecule has 2 aromatic carbocycles. The van der Waals surface area contributed by atoms with E-state index in [1.165, 1.54) is 0 Å². The average Bonchev–Trinajstić information content (AvgIpc) is 2.75. The fraction of sp³-hybridized carbons (Fsp3) is 0.435. The van der Waals surface area contributed by atoms with Gasteiger partial charge >= 0.3 is 0 Å². The number of piperazine rings is 1. The molecule has 1 atom stereocenters. The SMILES string of the molecule is COc1ccc(OC)c(CN2CCN(C(C)C(=O)Nc3ccccc3C)CC2)c1. The first-order valence-electron chi connectivity index (χ1n) is 10.1. The molecule has 1 amide bonds. The molecule has 0 aliphatic carbocycles. The van der Waals surface area contributed by atoms with Gasteiger partial charge in [0.05, 0.1) is 20.3 Å². The van der Waals surface area contributed by atoms with Crippen molar-refractivity contribution in [2.24, 2.45) is 0 Å². The summed E-state index contributed by atoms with van der Waals surface area (Å²) < 4.78 is 10.8. The Kier molecular flexibility index (Phi) is 7.12. The number of amides is 1. The maximum atomic E-state index is 12.7. The second kappa shape index (κ2) is 9.76. The lowest BCUT2D eigenvalue weighted by atomic mass is 10.1.